The highest BCUT2D eigenvalue weighted by atomic mass is 15.3. The van der Waals surface area contributed by atoms with Crippen molar-refractivity contribution >= 4 is 16.9 Å². The van der Waals surface area contributed by atoms with Crippen molar-refractivity contribution in [3.63, 3.8) is 0 Å². The highest BCUT2D eigenvalue weighted by Crippen LogP contribution is 2.42. The number of aromatic nitrogens is 6. The second-order valence-electron chi connectivity index (χ2n) is 7.43. The van der Waals surface area contributed by atoms with Crippen molar-refractivity contribution in [2.45, 2.75) is 37.8 Å². The van der Waals surface area contributed by atoms with Crippen LogP contribution in [0.1, 0.15) is 37.4 Å². The van der Waals surface area contributed by atoms with Crippen LogP contribution in [0.4, 0.5) is 5.82 Å². The number of nitrogens with one attached hydrogen (secondary N) is 2. The van der Waals surface area contributed by atoms with Gasteiger partial charge in [0.15, 0.2) is 5.65 Å². The summed E-state index contributed by atoms with van der Waals surface area (Å²) in [6, 6.07) is 3.34. The molecule has 2 fully saturated rings. The van der Waals surface area contributed by atoms with Gasteiger partial charge in [0, 0.05) is 25.8 Å². The zero-order chi connectivity index (χ0) is 17.5. The predicted octanol–water partition coefficient (Wildman–Crippen LogP) is 2.11. The van der Waals surface area contributed by atoms with Gasteiger partial charge in [-0.15, -0.1) is 0 Å². The average Bonchev–Trinajstić information content (AvgIpc) is 3.24. The maximum Gasteiger partial charge on any atom is 0.160 e. The number of rotatable bonds is 5. The van der Waals surface area contributed by atoms with E-state index in [1.807, 2.05) is 10.9 Å². The Hall–Kier alpha value is -2.48. The Balaban J connectivity index is 1.40. The van der Waals surface area contributed by atoms with Crippen LogP contribution < -0.4 is 5.32 Å². The van der Waals surface area contributed by atoms with E-state index in [0.717, 1.165) is 29.4 Å². The topological polar surface area (TPSA) is 87.5 Å². The molecular weight excluding hydrogens is 328 g/mol. The molecule has 4 heterocycles. The third-order valence-electron chi connectivity index (χ3n) is 5.75. The fourth-order valence-electron chi connectivity index (χ4n) is 4.35. The molecule has 3 aromatic rings. The molecule has 0 bridgehead atoms. The Morgan fingerprint density at radius 1 is 1.27 bits per heavy atom. The second-order valence-corrected chi connectivity index (χ2v) is 7.43. The Labute approximate surface area is 152 Å². The van der Waals surface area contributed by atoms with E-state index in [-0.39, 0.29) is 0 Å². The van der Waals surface area contributed by atoms with Gasteiger partial charge in [0.05, 0.1) is 23.3 Å². The molecule has 2 N–H and O–H groups in total. The number of fused-ring (bicyclic) bond motifs is 1. The molecule has 8 nitrogen and oxygen atoms in total. The first kappa shape index (κ1) is 15.7. The Bertz CT molecular complexity index is 895. The van der Waals surface area contributed by atoms with Crippen LogP contribution in [0.15, 0.2) is 24.8 Å². The van der Waals surface area contributed by atoms with E-state index >= 15 is 0 Å². The number of likely N-dealkylation sites (tertiary alicyclic amines) is 1. The maximum atomic E-state index is 4.43. The minimum atomic E-state index is 0.415. The van der Waals surface area contributed by atoms with Crippen molar-refractivity contribution in [2.75, 3.05) is 18.4 Å². The smallest absolute Gasteiger partial charge is 0.160 e. The molecule has 5 rings (SSSR count). The standard InChI is InChI=1S/C18H24N8/c1-25-15(6-7-23-25)16-12(3-2-8-26(16)13-4-5-13)9-19-17-14-10-22-24-18(14)21-11-20-17/h6-7,10-13,16H,2-5,8-9H2,1H3,(H2,19,20,21,22,24)/t12-,16+/m0/s1. The highest BCUT2D eigenvalue weighted by Gasteiger charge is 2.41. The van der Waals surface area contributed by atoms with Gasteiger partial charge in [0.2, 0.25) is 0 Å². The molecule has 3 aromatic heterocycles. The summed E-state index contributed by atoms with van der Waals surface area (Å²) in [4.78, 5) is 11.3. The minimum absolute atomic E-state index is 0.415. The molecule has 0 unspecified atom stereocenters. The molecule has 136 valence electrons. The van der Waals surface area contributed by atoms with E-state index in [9.17, 15) is 0 Å². The summed E-state index contributed by atoms with van der Waals surface area (Å²) in [7, 11) is 2.05. The van der Waals surface area contributed by atoms with E-state index in [1.165, 1.54) is 37.9 Å². The number of aryl methyl sites for hydroxylation is 1. The lowest BCUT2D eigenvalue weighted by atomic mass is 9.86. The lowest BCUT2D eigenvalue weighted by Gasteiger charge is -2.41. The first-order chi connectivity index (χ1) is 12.8. The van der Waals surface area contributed by atoms with Gasteiger partial charge >= 0.3 is 0 Å². The lowest BCUT2D eigenvalue weighted by molar-refractivity contribution is 0.0841. The van der Waals surface area contributed by atoms with Gasteiger partial charge < -0.3 is 5.32 Å². The number of nitrogens with zero attached hydrogens (tertiary/aromatic N) is 6. The van der Waals surface area contributed by atoms with Crippen molar-refractivity contribution in [1.29, 1.82) is 0 Å². The maximum absolute atomic E-state index is 4.43. The molecule has 0 spiro atoms. The van der Waals surface area contributed by atoms with E-state index < -0.39 is 0 Å². The van der Waals surface area contributed by atoms with Crippen molar-refractivity contribution < 1.29 is 0 Å². The molecule has 0 amide bonds. The van der Waals surface area contributed by atoms with Gasteiger partial charge in [-0.3, -0.25) is 14.7 Å². The number of piperidine rings is 1. The summed E-state index contributed by atoms with van der Waals surface area (Å²) in [5.41, 5.74) is 2.09. The van der Waals surface area contributed by atoms with Crippen LogP contribution in [0.25, 0.3) is 11.0 Å². The summed E-state index contributed by atoms with van der Waals surface area (Å²) in [5.74, 6) is 1.38. The third-order valence-corrected chi connectivity index (χ3v) is 5.75. The minimum Gasteiger partial charge on any atom is -0.369 e. The predicted molar refractivity (Wildman–Crippen MR) is 98.6 cm³/mol. The lowest BCUT2D eigenvalue weighted by Crippen LogP contribution is -2.43. The molecule has 1 saturated carbocycles. The zero-order valence-electron chi connectivity index (χ0n) is 15.0. The van der Waals surface area contributed by atoms with E-state index in [2.05, 4.69) is 48.6 Å². The van der Waals surface area contributed by atoms with Crippen LogP contribution in [-0.2, 0) is 7.05 Å². The molecular formula is C18H24N8. The SMILES string of the molecule is Cn1nccc1[C@H]1[C@H](CNc2ncnc3[nH]ncc23)CCCN1C1CC1. The summed E-state index contributed by atoms with van der Waals surface area (Å²) in [5, 5.41) is 15.9. The van der Waals surface area contributed by atoms with Crippen molar-refractivity contribution in [2.24, 2.45) is 13.0 Å². The quantitative estimate of drug-likeness (QED) is 0.731. The van der Waals surface area contributed by atoms with E-state index in [1.54, 1.807) is 12.5 Å². The van der Waals surface area contributed by atoms with Crippen LogP contribution in [0.5, 0.6) is 0 Å². The molecule has 2 aliphatic rings. The normalized spacial score (nSPS) is 24.2. The average molecular weight is 352 g/mol. The number of aromatic amines is 1. The molecule has 1 saturated heterocycles. The molecule has 0 radical (unpaired) electrons. The Morgan fingerprint density at radius 3 is 3.00 bits per heavy atom. The van der Waals surface area contributed by atoms with E-state index in [0.29, 0.717) is 12.0 Å². The van der Waals surface area contributed by atoms with Gasteiger partial charge in [-0.1, -0.05) is 0 Å². The van der Waals surface area contributed by atoms with Gasteiger partial charge in [0.1, 0.15) is 12.1 Å². The first-order valence-corrected chi connectivity index (χ1v) is 9.43. The van der Waals surface area contributed by atoms with Crippen molar-refractivity contribution in [3.8, 4) is 0 Å². The summed E-state index contributed by atoms with van der Waals surface area (Å²) in [6.45, 7) is 2.08. The number of anilines is 1. The van der Waals surface area contributed by atoms with Gasteiger partial charge in [-0.25, -0.2) is 9.97 Å². The number of H-pyrrole nitrogens is 1. The molecule has 1 aliphatic carbocycles. The molecule has 0 aromatic carbocycles. The van der Waals surface area contributed by atoms with Crippen molar-refractivity contribution in [3.05, 3.63) is 30.5 Å². The van der Waals surface area contributed by atoms with Gasteiger partial charge in [-0.05, 0) is 44.2 Å². The second kappa shape index (κ2) is 6.35. The number of hydrogen-bond donors (Lipinski definition) is 2. The molecule has 2 atom stereocenters. The zero-order valence-corrected chi connectivity index (χ0v) is 15.0. The Morgan fingerprint density at radius 2 is 2.19 bits per heavy atom. The fourth-order valence-corrected chi connectivity index (χ4v) is 4.35. The van der Waals surface area contributed by atoms with Crippen LogP contribution >= 0.6 is 0 Å². The highest BCUT2D eigenvalue weighted by molar-refractivity contribution is 5.85. The fraction of sp³-hybridized carbons (Fsp3) is 0.556. The number of hydrogen-bond acceptors (Lipinski definition) is 6. The monoisotopic (exact) mass is 352 g/mol. The van der Waals surface area contributed by atoms with Gasteiger partial charge in [-0.2, -0.15) is 10.2 Å². The molecule has 8 heteroatoms. The van der Waals surface area contributed by atoms with Crippen LogP contribution in [-0.4, -0.2) is 54.0 Å². The molecule has 1 aliphatic heterocycles. The van der Waals surface area contributed by atoms with Gasteiger partial charge in [0.25, 0.3) is 0 Å². The first-order valence-electron chi connectivity index (χ1n) is 9.43. The third kappa shape index (κ3) is 2.74. The Kier molecular flexibility index (Phi) is 3.85. The van der Waals surface area contributed by atoms with E-state index in [4.69, 9.17) is 0 Å². The van der Waals surface area contributed by atoms with Crippen LogP contribution in [0.2, 0.25) is 0 Å². The largest absolute Gasteiger partial charge is 0.369 e. The van der Waals surface area contributed by atoms with Crippen molar-refractivity contribution in [1.82, 2.24) is 34.8 Å². The molecule has 26 heavy (non-hydrogen) atoms. The van der Waals surface area contributed by atoms with Crippen LogP contribution in [0, 0.1) is 5.92 Å². The summed E-state index contributed by atoms with van der Waals surface area (Å²) >= 11 is 0. The van der Waals surface area contributed by atoms with Crippen LogP contribution in [0.3, 0.4) is 0 Å². The summed E-state index contributed by atoms with van der Waals surface area (Å²) < 4.78 is 2.04. The summed E-state index contributed by atoms with van der Waals surface area (Å²) in [6.07, 6.45) is 10.4.